The lowest BCUT2D eigenvalue weighted by atomic mass is 9.73. The summed E-state index contributed by atoms with van der Waals surface area (Å²) in [7, 11) is 2.05. The van der Waals surface area contributed by atoms with Crippen LogP contribution in [0.5, 0.6) is 11.5 Å². The largest absolute Gasteiger partial charge is 0.457 e. The Labute approximate surface area is 301 Å². The van der Waals surface area contributed by atoms with E-state index < -0.39 is 0 Å². The lowest BCUT2D eigenvalue weighted by Crippen LogP contribution is -2.30. The van der Waals surface area contributed by atoms with Gasteiger partial charge in [0.15, 0.2) is 0 Å². The first-order valence-corrected chi connectivity index (χ1v) is 17.6. The number of benzene rings is 6. The third-order valence-corrected chi connectivity index (χ3v) is 10.6. The Morgan fingerprint density at radius 1 is 0.577 bits per heavy atom. The molecule has 0 radical (unpaired) electrons. The second-order valence-electron chi connectivity index (χ2n) is 14.0. The van der Waals surface area contributed by atoms with E-state index in [1.54, 1.807) is 0 Å². The molecule has 0 fully saturated rings. The molecule has 52 heavy (non-hydrogen) atoms. The van der Waals surface area contributed by atoms with Gasteiger partial charge in [0.2, 0.25) is 0 Å². The van der Waals surface area contributed by atoms with E-state index in [1.165, 1.54) is 22.2 Å². The van der Waals surface area contributed by atoms with Gasteiger partial charge in [-0.3, -0.25) is 4.57 Å². The quantitative estimate of drug-likeness (QED) is 0.182. The third-order valence-electron chi connectivity index (χ3n) is 10.6. The summed E-state index contributed by atoms with van der Waals surface area (Å²) >= 11 is 0. The smallest absolute Gasteiger partial charge is 0.145 e. The number of nitrogens with zero attached hydrogens (tertiary/aromatic N) is 5. The van der Waals surface area contributed by atoms with Crippen molar-refractivity contribution in [2.75, 3.05) is 4.90 Å². The van der Waals surface area contributed by atoms with Crippen LogP contribution in [0.15, 0.2) is 158 Å². The summed E-state index contributed by atoms with van der Waals surface area (Å²) in [5.41, 5.74) is 11.9. The van der Waals surface area contributed by atoms with Gasteiger partial charge in [0.05, 0.1) is 33.6 Å². The van der Waals surface area contributed by atoms with E-state index in [0.717, 1.165) is 67.5 Å². The first kappa shape index (κ1) is 30.2. The van der Waals surface area contributed by atoms with Gasteiger partial charge in [-0.05, 0) is 90.0 Å². The average Bonchev–Trinajstić information content (AvgIpc) is 3.69. The van der Waals surface area contributed by atoms with Crippen molar-refractivity contribution in [3.05, 3.63) is 169 Å². The fourth-order valence-electron chi connectivity index (χ4n) is 8.08. The van der Waals surface area contributed by atoms with Gasteiger partial charge in [-0.15, -0.1) is 0 Å². The number of hydrogen-bond acceptors (Lipinski definition) is 4. The molecule has 0 aliphatic carbocycles. The Kier molecular flexibility index (Phi) is 6.64. The molecule has 4 heterocycles. The summed E-state index contributed by atoms with van der Waals surface area (Å²) in [4.78, 5) is 12.3. The number of para-hydroxylation sites is 4. The van der Waals surface area contributed by atoms with Crippen LogP contribution in [0.2, 0.25) is 0 Å². The first-order chi connectivity index (χ1) is 25.5. The number of rotatable bonds is 5. The fourth-order valence-corrected chi connectivity index (χ4v) is 8.08. The maximum absolute atomic E-state index is 6.57. The number of hydrogen-bond donors (Lipinski definition) is 0. The Bertz CT molecular complexity index is 2830. The standard InChI is InChI=1S/C46H35N5O/c1-46(2)37-21-7-9-23-40(37)50(31-15-5-4-6-16-31)43-29-42-36(28-38(43)46)35-20-13-25-47-45(35)51(42)32-17-12-19-34(27-32)52-33-18-11-14-30(26-33)44-48-39-22-8-10-24-41(39)49(44)3/h4-29H,1-3H3. The molecule has 0 atom stereocenters. The van der Waals surface area contributed by atoms with E-state index in [9.17, 15) is 0 Å². The minimum Gasteiger partial charge on any atom is -0.457 e. The van der Waals surface area contributed by atoms with Crippen molar-refractivity contribution in [3.8, 4) is 28.6 Å². The van der Waals surface area contributed by atoms with Crippen molar-refractivity contribution in [2.24, 2.45) is 7.05 Å². The molecule has 0 saturated heterocycles. The van der Waals surface area contributed by atoms with Crippen LogP contribution in [0.25, 0.3) is 50.0 Å². The molecule has 1 aliphatic heterocycles. The van der Waals surface area contributed by atoms with Gasteiger partial charge in [0.25, 0.3) is 0 Å². The van der Waals surface area contributed by atoms with Gasteiger partial charge in [0, 0.05) is 46.7 Å². The van der Waals surface area contributed by atoms with Crippen molar-refractivity contribution in [1.82, 2.24) is 19.1 Å². The van der Waals surface area contributed by atoms with Crippen molar-refractivity contribution in [2.45, 2.75) is 19.3 Å². The number of aryl methyl sites for hydroxylation is 1. The lowest BCUT2D eigenvalue weighted by molar-refractivity contribution is 0.482. The number of pyridine rings is 1. The van der Waals surface area contributed by atoms with E-state index in [-0.39, 0.29) is 5.41 Å². The van der Waals surface area contributed by atoms with E-state index in [1.807, 2.05) is 48.7 Å². The SMILES string of the molecule is Cn1c(-c2cccc(Oc3cccc(-n4c5cc6c(cc5c5cccnc54)C(C)(C)c4ccccc4N6c4ccccc4)c3)c2)nc2ccccc21. The van der Waals surface area contributed by atoms with Gasteiger partial charge < -0.3 is 14.2 Å². The van der Waals surface area contributed by atoms with Crippen LogP contribution in [0.1, 0.15) is 25.0 Å². The summed E-state index contributed by atoms with van der Waals surface area (Å²) < 4.78 is 11.0. The van der Waals surface area contributed by atoms with Crippen LogP contribution >= 0.6 is 0 Å². The molecule has 0 bridgehead atoms. The van der Waals surface area contributed by atoms with Crippen LogP contribution in [0.4, 0.5) is 17.1 Å². The number of ether oxygens (including phenoxy) is 1. The molecule has 0 amide bonds. The molecule has 0 spiro atoms. The highest BCUT2D eigenvalue weighted by Gasteiger charge is 2.37. The zero-order valence-electron chi connectivity index (χ0n) is 29.2. The topological polar surface area (TPSA) is 48.1 Å². The molecule has 6 heteroatoms. The van der Waals surface area contributed by atoms with E-state index >= 15 is 0 Å². The summed E-state index contributed by atoms with van der Waals surface area (Å²) in [6, 6.07) is 53.0. The van der Waals surface area contributed by atoms with E-state index in [2.05, 4.69) is 144 Å². The van der Waals surface area contributed by atoms with Crippen LogP contribution in [0, 0.1) is 0 Å². The lowest BCUT2D eigenvalue weighted by Gasteiger charge is -2.42. The fraction of sp³-hybridized carbons (Fsp3) is 0.0870. The Balaban J connectivity index is 1.11. The predicted molar refractivity (Wildman–Crippen MR) is 212 cm³/mol. The number of imidazole rings is 1. The predicted octanol–water partition coefficient (Wildman–Crippen LogP) is 11.6. The highest BCUT2D eigenvalue weighted by atomic mass is 16.5. The summed E-state index contributed by atoms with van der Waals surface area (Å²) in [6.45, 7) is 4.67. The normalized spacial score (nSPS) is 13.4. The Hall–Kier alpha value is -6.66. The molecule has 10 rings (SSSR count). The number of aromatic nitrogens is 4. The van der Waals surface area contributed by atoms with E-state index in [0.29, 0.717) is 0 Å². The summed E-state index contributed by atoms with van der Waals surface area (Å²) in [5.74, 6) is 2.38. The molecule has 6 nitrogen and oxygen atoms in total. The summed E-state index contributed by atoms with van der Waals surface area (Å²) in [5, 5.41) is 2.28. The Morgan fingerprint density at radius 3 is 2.19 bits per heavy atom. The van der Waals surface area contributed by atoms with Gasteiger partial charge in [-0.2, -0.15) is 0 Å². The molecule has 0 unspecified atom stereocenters. The van der Waals surface area contributed by atoms with Gasteiger partial charge in [-0.25, -0.2) is 9.97 Å². The molecule has 3 aromatic heterocycles. The molecule has 0 N–H and O–H groups in total. The molecule has 9 aromatic rings. The first-order valence-electron chi connectivity index (χ1n) is 17.6. The molecular formula is C46H35N5O. The highest BCUT2D eigenvalue weighted by molar-refractivity contribution is 6.10. The van der Waals surface area contributed by atoms with Crippen molar-refractivity contribution < 1.29 is 4.74 Å². The van der Waals surface area contributed by atoms with Crippen molar-refractivity contribution in [1.29, 1.82) is 0 Å². The third kappa shape index (κ3) is 4.57. The van der Waals surface area contributed by atoms with Crippen LogP contribution in [-0.2, 0) is 12.5 Å². The minimum atomic E-state index is -0.216. The number of fused-ring (bicyclic) bond motifs is 6. The van der Waals surface area contributed by atoms with Crippen LogP contribution in [-0.4, -0.2) is 19.1 Å². The van der Waals surface area contributed by atoms with Crippen LogP contribution < -0.4 is 9.64 Å². The van der Waals surface area contributed by atoms with Crippen molar-refractivity contribution >= 4 is 50.0 Å². The zero-order chi connectivity index (χ0) is 35.0. The van der Waals surface area contributed by atoms with E-state index in [4.69, 9.17) is 14.7 Å². The summed E-state index contributed by atoms with van der Waals surface area (Å²) in [6.07, 6.45) is 1.88. The van der Waals surface area contributed by atoms with Gasteiger partial charge in [-0.1, -0.05) is 80.6 Å². The van der Waals surface area contributed by atoms with Crippen molar-refractivity contribution in [3.63, 3.8) is 0 Å². The average molecular weight is 674 g/mol. The molecule has 0 saturated carbocycles. The molecule has 1 aliphatic rings. The zero-order valence-corrected chi connectivity index (χ0v) is 29.2. The molecule has 250 valence electrons. The molecule has 6 aromatic carbocycles. The monoisotopic (exact) mass is 673 g/mol. The molecular weight excluding hydrogens is 639 g/mol. The second kappa shape index (κ2) is 11.4. The minimum absolute atomic E-state index is 0.216. The Morgan fingerprint density at radius 2 is 1.33 bits per heavy atom. The van der Waals surface area contributed by atoms with Gasteiger partial charge in [0.1, 0.15) is 23.0 Å². The number of anilines is 3. The highest BCUT2D eigenvalue weighted by Crippen LogP contribution is 2.53. The second-order valence-corrected chi connectivity index (χ2v) is 14.0. The van der Waals surface area contributed by atoms with Gasteiger partial charge >= 0.3 is 0 Å². The van der Waals surface area contributed by atoms with Crippen LogP contribution in [0.3, 0.4) is 0 Å². The maximum atomic E-state index is 6.57. The maximum Gasteiger partial charge on any atom is 0.145 e.